The number of hydrogen-bond donors (Lipinski definition) is 2. The number of halogens is 2. The van der Waals surface area contributed by atoms with E-state index < -0.39 is 0 Å². The first kappa shape index (κ1) is 14.7. The highest BCUT2D eigenvalue weighted by Gasteiger charge is 2.16. The summed E-state index contributed by atoms with van der Waals surface area (Å²) >= 11 is 13.7. The van der Waals surface area contributed by atoms with Crippen LogP contribution in [0.1, 0.15) is 32.1 Å². The van der Waals surface area contributed by atoms with Crippen LogP contribution in [-0.2, 0) is 19.4 Å². The van der Waals surface area contributed by atoms with Crippen LogP contribution in [0.25, 0.3) is 0 Å². The summed E-state index contributed by atoms with van der Waals surface area (Å²) in [6, 6.07) is 5.26. The van der Waals surface area contributed by atoms with E-state index in [1.165, 1.54) is 33.9 Å². The van der Waals surface area contributed by atoms with Gasteiger partial charge in [0.05, 0.1) is 22.3 Å². The minimum Gasteiger partial charge on any atom is -0.396 e. The van der Waals surface area contributed by atoms with E-state index in [0.717, 1.165) is 12.8 Å². The molecule has 0 fully saturated rings. The van der Waals surface area contributed by atoms with Crippen LogP contribution in [0.15, 0.2) is 18.2 Å². The average molecular weight is 341 g/mol. The summed E-state index contributed by atoms with van der Waals surface area (Å²) in [5.41, 5.74) is 7.81. The number of anilines is 1. The summed E-state index contributed by atoms with van der Waals surface area (Å²) in [6.45, 7) is 0.524. The van der Waals surface area contributed by atoms with Crippen molar-refractivity contribution in [1.29, 1.82) is 0 Å². The third-order valence-electron chi connectivity index (χ3n) is 3.56. The first-order valence-corrected chi connectivity index (χ1v) is 8.25. The highest BCUT2D eigenvalue weighted by molar-refractivity contribution is 7.12. The Kier molecular flexibility index (Phi) is 4.11. The Hall–Kier alpha value is -1.23. The van der Waals surface area contributed by atoms with Gasteiger partial charge in [-0.05, 0) is 43.0 Å². The molecule has 1 aromatic heterocycles. The van der Waals surface area contributed by atoms with Gasteiger partial charge in [0.15, 0.2) is 0 Å². The number of carbonyl (C=O) groups excluding carboxylic acids is 1. The molecule has 0 atom stereocenters. The van der Waals surface area contributed by atoms with Gasteiger partial charge in [0.1, 0.15) is 0 Å². The monoisotopic (exact) mass is 340 g/mol. The van der Waals surface area contributed by atoms with Crippen LogP contribution in [-0.4, -0.2) is 5.91 Å². The van der Waals surface area contributed by atoms with Crippen molar-refractivity contribution >= 4 is 46.1 Å². The lowest BCUT2D eigenvalue weighted by atomic mass is 10.2. The number of nitrogens with two attached hydrogens (primary N) is 1. The summed E-state index contributed by atoms with van der Waals surface area (Å²) in [4.78, 5) is 14.8. The number of aryl methyl sites for hydroxylation is 2. The molecule has 1 amide bonds. The highest BCUT2D eigenvalue weighted by atomic mass is 35.5. The zero-order valence-electron chi connectivity index (χ0n) is 11.2. The fraction of sp³-hybridized carbons (Fsp3) is 0.267. The van der Waals surface area contributed by atoms with Gasteiger partial charge >= 0.3 is 0 Å². The third kappa shape index (κ3) is 3.03. The Morgan fingerprint density at radius 2 is 1.95 bits per heavy atom. The molecule has 2 aromatic rings. The summed E-state index contributed by atoms with van der Waals surface area (Å²) in [7, 11) is 0. The molecular weight excluding hydrogens is 327 g/mol. The van der Waals surface area contributed by atoms with E-state index in [9.17, 15) is 4.79 Å². The maximum atomic E-state index is 12.1. The van der Waals surface area contributed by atoms with E-state index in [-0.39, 0.29) is 5.91 Å². The smallest absolute Gasteiger partial charge is 0.251 e. The molecule has 110 valence electrons. The predicted molar refractivity (Wildman–Crippen MR) is 88.4 cm³/mol. The number of rotatable bonds is 3. The minimum absolute atomic E-state index is 0.202. The van der Waals surface area contributed by atoms with Gasteiger partial charge in [-0.2, -0.15) is 0 Å². The number of amides is 1. The summed E-state index contributed by atoms with van der Waals surface area (Å²) < 4.78 is 0. The van der Waals surface area contributed by atoms with Gasteiger partial charge in [0.25, 0.3) is 5.91 Å². The number of hydrogen-bond acceptors (Lipinski definition) is 3. The van der Waals surface area contributed by atoms with E-state index in [1.807, 2.05) is 0 Å². The topological polar surface area (TPSA) is 55.1 Å². The Bertz CT molecular complexity index is 667. The number of carbonyl (C=O) groups is 1. The van der Waals surface area contributed by atoms with Gasteiger partial charge in [0, 0.05) is 15.3 Å². The second-order valence-electron chi connectivity index (χ2n) is 5.05. The van der Waals surface area contributed by atoms with Crippen molar-refractivity contribution in [3.63, 3.8) is 0 Å². The molecule has 0 unspecified atom stereocenters. The fourth-order valence-corrected chi connectivity index (χ4v) is 4.15. The maximum Gasteiger partial charge on any atom is 0.251 e. The first-order chi connectivity index (χ1) is 10.0. The molecule has 3 rings (SSSR count). The van der Waals surface area contributed by atoms with Crippen LogP contribution in [0.4, 0.5) is 5.69 Å². The van der Waals surface area contributed by atoms with E-state index in [4.69, 9.17) is 28.9 Å². The van der Waals surface area contributed by atoms with Crippen molar-refractivity contribution in [2.75, 3.05) is 5.73 Å². The molecule has 3 nitrogen and oxygen atoms in total. The molecule has 1 aliphatic rings. The zero-order valence-corrected chi connectivity index (χ0v) is 13.5. The molecule has 0 aliphatic heterocycles. The van der Waals surface area contributed by atoms with Crippen LogP contribution in [0.3, 0.4) is 0 Å². The van der Waals surface area contributed by atoms with Gasteiger partial charge in [-0.3, -0.25) is 4.79 Å². The molecule has 0 spiro atoms. The fourth-order valence-electron chi connectivity index (χ4n) is 2.46. The maximum absolute atomic E-state index is 12.1. The van der Waals surface area contributed by atoms with Crippen molar-refractivity contribution < 1.29 is 4.79 Å². The number of nitrogen functional groups attached to an aromatic ring is 1. The molecule has 0 saturated heterocycles. The molecule has 0 radical (unpaired) electrons. The van der Waals surface area contributed by atoms with E-state index in [1.54, 1.807) is 11.3 Å². The Balaban J connectivity index is 1.68. The predicted octanol–water partition coefficient (Wildman–Crippen LogP) is 4.06. The van der Waals surface area contributed by atoms with Gasteiger partial charge in [-0.25, -0.2) is 0 Å². The van der Waals surface area contributed by atoms with Crippen molar-refractivity contribution in [3.8, 4) is 0 Å². The van der Waals surface area contributed by atoms with Crippen LogP contribution in [0, 0.1) is 0 Å². The van der Waals surface area contributed by atoms with Gasteiger partial charge in [-0.15, -0.1) is 11.3 Å². The minimum atomic E-state index is -0.202. The zero-order chi connectivity index (χ0) is 15.0. The van der Waals surface area contributed by atoms with Gasteiger partial charge in [0.2, 0.25) is 0 Å². The SMILES string of the molecule is Nc1c(Cl)cc(C(=O)NCc2cc3c(s2)CCC3)cc1Cl. The van der Waals surface area contributed by atoms with Crippen LogP contribution in [0.5, 0.6) is 0 Å². The summed E-state index contributed by atoms with van der Waals surface area (Å²) in [6.07, 6.45) is 3.57. The van der Waals surface area contributed by atoms with Crippen LogP contribution >= 0.6 is 34.5 Å². The highest BCUT2D eigenvalue weighted by Crippen LogP contribution is 2.31. The largest absolute Gasteiger partial charge is 0.396 e. The van der Waals surface area contributed by atoms with Crippen molar-refractivity contribution in [3.05, 3.63) is 49.1 Å². The van der Waals surface area contributed by atoms with Crippen LogP contribution in [0.2, 0.25) is 10.0 Å². The second kappa shape index (κ2) is 5.87. The lowest BCUT2D eigenvalue weighted by molar-refractivity contribution is 0.0951. The van der Waals surface area contributed by atoms with Crippen molar-refractivity contribution in [2.24, 2.45) is 0 Å². The summed E-state index contributed by atoms with van der Waals surface area (Å²) in [5, 5.41) is 3.48. The molecule has 1 heterocycles. The van der Waals surface area contributed by atoms with Gasteiger partial charge in [-0.1, -0.05) is 23.2 Å². The number of benzene rings is 1. The number of nitrogens with one attached hydrogen (secondary N) is 1. The average Bonchev–Trinajstić information content (AvgIpc) is 3.02. The molecular formula is C15H14Cl2N2OS. The molecule has 0 saturated carbocycles. The number of fused-ring (bicyclic) bond motifs is 1. The normalized spacial score (nSPS) is 13.2. The molecule has 21 heavy (non-hydrogen) atoms. The van der Waals surface area contributed by atoms with E-state index >= 15 is 0 Å². The summed E-state index contributed by atoms with van der Waals surface area (Å²) in [5.74, 6) is -0.202. The quantitative estimate of drug-likeness (QED) is 0.828. The molecule has 6 heteroatoms. The second-order valence-corrected chi connectivity index (χ2v) is 7.09. The molecule has 1 aliphatic carbocycles. The third-order valence-corrected chi connectivity index (χ3v) is 5.42. The van der Waals surface area contributed by atoms with Crippen molar-refractivity contribution in [1.82, 2.24) is 5.32 Å². The van der Waals surface area contributed by atoms with Gasteiger partial charge < -0.3 is 11.1 Å². The molecule has 3 N–H and O–H groups in total. The number of thiophene rings is 1. The lowest BCUT2D eigenvalue weighted by Crippen LogP contribution is -2.22. The van der Waals surface area contributed by atoms with Crippen LogP contribution < -0.4 is 11.1 Å². The van der Waals surface area contributed by atoms with E-state index in [2.05, 4.69) is 11.4 Å². The van der Waals surface area contributed by atoms with Crippen molar-refractivity contribution in [2.45, 2.75) is 25.8 Å². The van der Waals surface area contributed by atoms with E-state index in [0.29, 0.717) is 27.8 Å². The Morgan fingerprint density at radius 1 is 1.24 bits per heavy atom. The molecule has 1 aromatic carbocycles. The Labute approximate surface area is 137 Å². The standard InChI is InChI=1S/C15H14Cl2N2OS/c16-11-5-9(6-12(17)14(11)18)15(20)19-7-10-4-8-2-1-3-13(8)21-10/h4-6H,1-3,7,18H2,(H,19,20). The molecule has 0 bridgehead atoms. The lowest BCUT2D eigenvalue weighted by Gasteiger charge is -2.07. The first-order valence-electron chi connectivity index (χ1n) is 6.68. The Morgan fingerprint density at radius 3 is 2.62 bits per heavy atom.